The van der Waals surface area contributed by atoms with E-state index < -0.39 is 0 Å². The number of nitrogens with zero attached hydrogens (tertiary/aromatic N) is 2. The molecule has 0 saturated carbocycles. The van der Waals surface area contributed by atoms with Crippen molar-refractivity contribution >= 4 is 39.2 Å². The average molecular weight is 414 g/mol. The van der Waals surface area contributed by atoms with Crippen molar-refractivity contribution in [3.63, 3.8) is 0 Å². The molecule has 4 rings (SSSR count). The number of carbonyl (C=O) groups is 1. The molecule has 1 aromatic carbocycles. The highest BCUT2D eigenvalue weighted by atomic mass is 32.2. The minimum Gasteiger partial charge on any atom is -0.339 e. The van der Waals surface area contributed by atoms with Crippen LogP contribution < -0.4 is 5.56 Å². The maximum Gasteiger partial charge on any atom is 0.260 e. The molecule has 3 heterocycles. The number of fused-ring (bicyclic) bond motifs is 1. The van der Waals surface area contributed by atoms with E-state index in [0.717, 1.165) is 35.3 Å². The van der Waals surface area contributed by atoms with Gasteiger partial charge in [-0.05, 0) is 31.7 Å². The minimum atomic E-state index is -0.114. The Morgan fingerprint density at radius 2 is 2.14 bits per heavy atom. The highest BCUT2D eigenvalue weighted by molar-refractivity contribution is 7.99. The third-order valence-corrected chi connectivity index (χ3v) is 6.97. The van der Waals surface area contributed by atoms with E-state index in [-0.39, 0.29) is 11.5 Å². The number of carbonyl (C=O) groups excluding carboxylic acids is 1. The molecular weight excluding hydrogens is 390 g/mol. The molecule has 2 aromatic heterocycles. The zero-order valence-corrected chi connectivity index (χ0v) is 17.4. The Kier molecular flexibility index (Phi) is 5.82. The number of piperidine rings is 1. The van der Waals surface area contributed by atoms with Crippen LogP contribution in [0.15, 0.2) is 40.5 Å². The lowest BCUT2D eigenvalue weighted by Gasteiger charge is -2.33. The Balaban J connectivity index is 1.45. The number of amides is 1. The Morgan fingerprint density at radius 3 is 2.93 bits per heavy atom. The Morgan fingerprint density at radius 1 is 1.32 bits per heavy atom. The van der Waals surface area contributed by atoms with Crippen molar-refractivity contribution in [2.24, 2.45) is 0 Å². The van der Waals surface area contributed by atoms with Gasteiger partial charge in [-0.2, -0.15) is 0 Å². The lowest BCUT2D eigenvalue weighted by Crippen LogP contribution is -2.42. The number of hydrogen-bond acceptors (Lipinski definition) is 5. The second-order valence-electron chi connectivity index (χ2n) is 7.13. The van der Waals surface area contributed by atoms with Gasteiger partial charge in [0, 0.05) is 23.5 Å². The van der Waals surface area contributed by atoms with E-state index in [0.29, 0.717) is 28.8 Å². The summed E-state index contributed by atoms with van der Waals surface area (Å²) in [6, 6.07) is 10.2. The summed E-state index contributed by atoms with van der Waals surface area (Å²) in [4.78, 5) is 35.4. The standard InChI is InChI=1S/C21H23N3O2S2/c1-14-7-5-6-10-24(14)18(25)13-27-12-17-22-20(26)19-16(11-28-21(19)23-17)15-8-3-2-4-9-15/h2-4,8-9,11,14H,5-7,10,12-13H2,1H3,(H,22,23,26)/t14-/m1/s1. The number of aromatic amines is 1. The van der Waals surface area contributed by atoms with Crippen molar-refractivity contribution in [2.75, 3.05) is 12.3 Å². The van der Waals surface area contributed by atoms with Gasteiger partial charge in [0.15, 0.2) is 0 Å². The zero-order chi connectivity index (χ0) is 19.5. The molecule has 0 spiro atoms. The maximum absolute atomic E-state index is 12.7. The largest absolute Gasteiger partial charge is 0.339 e. The molecule has 3 aromatic rings. The zero-order valence-electron chi connectivity index (χ0n) is 15.8. The number of thiophene rings is 1. The molecule has 1 fully saturated rings. The van der Waals surface area contributed by atoms with E-state index in [9.17, 15) is 9.59 Å². The molecule has 0 radical (unpaired) electrons. The predicted molar refractivity (Wildman–Crippen MR) is 117 cm³/mol. The van der Waals surface area contributed by atoms with Gasteiger partial charge in [-0.25, -0.2) is 4.98 Å². The second-order valence-corrected chi connectivity index (χ2v) is 8.98. The molecular formula is C21H23N3O2S2. The fraction of sp³-hybridized carbons (Fsp3) is 0.381. The molecule has 1 aliphatic heterocycles. The van der Waals surface area contributed by atoms with Crippen molar-refractivity contribution in [1.29, 1.82) is 0 Å². The van der Waals surface area contributed by atoms with E-state index in [1.54, 1.807) is 0 Å². The Bertz CT molecular complexity index is 1030. The highest BCUT2D eigenvalue weighted by Crippen LogP contribution is 2.30. The SMILES string of the molecule is C[C@@H]1CCCCN1C(=O)CSCc1nc2scc(-c3ccccc3)c2c(=O)[nH]1. The second kappa shape index (κ2) is 8.49. The monoisotopic (exact) mass is 413 g/mol. The quantitative estimate of drug-likeness (QED) is 0.678. The molecule has 1 amide bonds. The van der Waals surface area contributed by atoms with Gasteiger partial charge in [-0.15, -0.1) is 23.1 Å². The van der Waals surface area contributed by atoms with Crippen LogP contribution in [0.3, 0.4) is 0 Å². The molecule has 7 heteroatoms. The topological polar surface area (TPSA) is 66.1 Å². The molecule has 0 aliphatic carbocycles. The number of hydrogen-bond donors (Lipinski definition) is 1. The van der Waals surface area contributed by atoms with Crippen LogP contribution in [-0.4, -0.2) is 39.1 Å². The number of aromatic nitrogens is 2. The summed E-state index contributed by atoms with van der Waals surface area (Å²) in [5.41, 5.74) is 1.82. The first-order valence-corrected chi connectivity index (χ1v) is 11.6. The number of likely N-dealkylation sites (tertiary alicyclic amines) is 1. The highest BCUT2D eigenvalue weighted by Gasteiger charge is 2.22. The molecule has 5 nitrogen and oxygen atoms in total. The first kappa shape index (κ1) is 19.2. The Labute approximate surface area is 172 Å². The molecule has 146 valence electrons. The van der Waals surface area contributed by atoms with Crippen molar-refractivity contribution < 1.29 is 4.79 Å². The molecule has 1 N–H and O–H groups in total. The smallest absolute Gasteiger partial charge is 0.260 e. The fourth-order valence-electron chi connectivity index (χ4n) is 3.68. The Hall–Kier alpha value is -2.12. The number of benzene rings is 1. The average Bonchev–Trinajstić information content (AvgIpc) is 3.13. The first-order valence-electron chi connectivity index (χ1n) is 9.56. The van der Waals surface area contributed by atoms with Gasteiger partial charge < -0.3 is 9.88 Å². The van der Waals surface area contributed by atoms with Crippen LogP contribution in [0, 0.1) is 0 Å². The summed E-state index contributed by atoms with van der Waals surface area (Å²) < 4.78 is 0. The van der Waals surface area contributed by atoms with E-state index in [1.165, 1.54) is 29.5 Å². The van der Waals surface area contributed by atoms with Crippen LogP contribution in [0.5, 0.6) is 0 Å². The van der Waals surface area contributed by atoms with Crippen molar-refractivity contribution in [2.45, 2.75) is 38.0 Å². The molecule has 1 atom stereocenters. The lowest BCUT2D eigenvalue weighted by molar-refractivity contribution is -0.131. The number of thioether (sulfide) groups is 1. The molecule has 1 aliphatic rings. The van der Waals surface area contributed by atoms with Crippen LogP contribution >= 0.6 is 23.1 Å². The van der Waals surface area contributed by atoms with Crippen molar-refractivity contribution in [1.82, 2.24) is 14.9 Å². The number of nitrogens with one attached hydrogen (secondary N) is 1. The van der Waals surface area contributed by atoms with E-state index in [4.69, 9.17) is 0 Å². The molecule has 1 saturated heterocycles. The van der Waals surface area contributed by atoms with Gasteiger partial charge in [0.2, 0.25) is 5.91 Å². The summed E-state index contributed by atoms with van der Waals surface area (Å²) in [6.45, 7) is 2.98. The van der Waals surface area contributed by atoms with Gasteiger partial charge >= 0.3 is 0 Å². The van der Waals surface area contributed by atoms with Gasteiger partial charge in [-0.1, -0.05) is 30.3 Å². The summed E-state index contributed by atoms with van der Waals surface area (Å²) in [5, 5.41) is 2.63. The van der Waals surface area contributed by atoms with Gasteiger partial charge in [0.25, 0.3) is 5.56 Å². The van der Waals surface area contributed by atoms with E-state index in [2.05, 4.69) is 16.9 Å². The number of H-pyrrole nitrogens is 1. The minimum absolute atomic E-state index is 0.114. The third-order valence-electron chi connectivity index (χ3n) is 5.17. The van der Waals surface area contributed by atoms with Crippen LogP contribution in [0.2, 0.25) is 0 Å². The lowest BCUT2D eigenvalue weighted by atomic mass is 10.0. The molecule has 28 heavy (non-hydrogen) atoms. The normalized spacial score (nSPS) is 17.2. The van der Waals surface area contributed by atoms with E-state index in [1.807, 2.05) is 40.6 Å². The summed E-state index contributed by atoms with van der Waals surface area (Å²) >= 11 is 3.00. The molecule has 0 unspecified atom stereocenters. The van der Waals surface area contributed by atoms with Gasteiger partial charge in [0.05, 0.1) is 16.9 Å². The third kappa shape index (κ3) is 4.00. The van der Waals surface area contributed by atoms with Crippen LogP contribution in [0.4, 0.5) is 0 Å². The van der Waals surface area contributed by atoms with Gasteiger partial charge in [0.1, 0.15) is 10.7 Å². The number of rotatable bonds is 5. The fourth-order valence-corrected chi connectivity index (χ4v) is 5.42. The van der Waals surface area contributed by atoms with Crippen LogP contribution in [0.1, 0.15) is 32.0 Å². The van der Waals surface area contributed by atoms with Crippen molar-refractivity contribution in [3.05, 3.63) is 51.9 Å². The predicted octanol–water partition coefficient (Wildman–Crippen LogP) is 4.29. The van der Waals surface area contributed by atoms with Crippen LogP contribution in [-0.2, 0) is 10.5 Å². The van der Waals surface area contributed by atoms with Crippen LogP contribution in [0.25, 0.3) is 21.3 Å². The summed E-state index contributed by atoms with van der Waals surface area (Å²) in [5.74, 6) is 1.76. The maximum atomic E-state index is 12.7. The van der Waals surface area contributed by atoms with Gasteiger partial charge in [-0.3, -0.25) is 9.59 Å². The summed E-state index contributed by atoms with van der Waals surface area (Å²) in [6.07, 6.45) is 3.38. The van der Waals surface area contributed by atoms with E-state index >= 15 is 0 Å². The first-order chi connectivity index (χ1) is 13.6. The summed E-state index contributed by atoms with van der Waals surface area (Å²) in [7, 11) is 0. The van der Waals surface area contributed by atoms with Crippen molar-refractivity contribution in [3.8, 4) is 11.1 Å². The molecule has 0 bridgehead atoms.